The van der Waals surface area contributed by atoms with Crippen LogP contribution in [0.15, 0.2) is 18.2 Å². The fourth-order valence-corrected chi connectivity index (χ4v) is 2.42. The van der Waals surface area contributed by atoms with Crippen LogP contribution in [0.1, 0.15) is 18.6 Å². The fraction of sp³-hybridized carbons (Fsp3) is 0.500. The van der Waals surface area contributed by atoms with Crippen molar-refractivity contribution in [3.8, 4) is 0 Å². The second-order valence-corrected chi connectivity index (χ2v) is 4.87. The van der Waals surface area contributed by atoms with E-state index in [1.807, 2.05) is 6.07 Å². The van der Waals surface area contributed by atoms with E-state index in [0.717, 1.165) is 18.8 Å². The highest BCUT2D eigenvalue weighted by molar-refractivity contribution is 6.33. The number of ether oxygens (including phenoxy) is 2. The summed E-state index contributed by atoms with van der Waals surface area (Å²) in [5.74, 6) is -0.664. The first-order chi connectivity index (χ1) is 9.63. The van der Waals surface area contributed by atoms with Gasteiger partial charge in [0.2, 0.25) is 0 Å². The number of hydrogen-bond acceptors (Lipinski definition) is 5. The van der Waals surface area contributed by atoms with Gasteiger partial charge in [-0.3, -0.25) is 0 Å². The number of hydrogen-bond donors (Lipinski definition) is 1. The first-order valence-electron chi connectivity index (χ1n) is 6.60. The van der Waals surface area contributed by atoms with E-state index in [1.165, 1.54) is 0 Å². The Hall–Kier alpha value is -1.30. The Morgan fingerprint density at radius 1 is 1.50 bits per heavy atom. The van der Waals surface area contributed by atoms with Crippen LogP contribution in [0.2, 0.25) is 5.02 Å². The van der Waals surface area contributed by atoms with Gasteiger partial charge < -0.3 is 19.5 Å². The molecule has 1 aromatic carbocycles. The first-order valence-corrected chi connectivity index (χ1v) is 6.98. The third kappa shape index (κ3) is 3.42. The van der Waals surface area contributed by atoms with E-state index in [4.69, 9.17) is 21.1 Å². The Bertz CT molecular complexity index is 474. The van der Waals surface area contributed by atoms with Crippen LogP contribution in [0.4, 0.5) is 5.69 Å². The van der Waals surface area contributed by atoms with Crippen molar-refractivity contribution in [1.82, 2.24) is 0 Å². The van der Waals surface area contributed by atoms with E-state index in [9.17, 15) is 9.90 Å². The Labute approximate surface area is 123 Å². The number of halogens is 1. The van der Waals surface area contributed by atoms with Gasteiger partial charge in [0.05, 0.1) is 30.5 Å². The van der Waals surface area contributed by atoms with Crippen LogP contribution in [-0.4, -0.2) is 44.0 Å². The zero-order valence-electron chi connectivity index (χ0n) is 11.3. The number of esters is 1. The summed E-state index contributed by atoms with van der Waals surface area (Å²) in [5.41, 5.74) is 1.32. The van der Waals surface area contributed by atoms with Gasteiger partial charge in [0.15, 0.2) is 6.10 Å². The molecule has 2 rings (SSSR count). The molecule has 1 N–H and O–H groups in total. The van der Waals surface area contributed by atoms with Crippen LogP contribution >= 0.6 is 11.6 Å². The molecule has 1 heterocycles. The topological polar surface area (TPSA) is 59.0 Å². The number of rotatable bonds is 4. The first kappa shape index (κ1) is 15.1. The van der Waals surface area contributed by atoms with E-state index in [1.54, 1.807) is 19.1 Å². The smallest absolute Gasteiger partial charge is 0.339 e. The highest BCUT2D eigenvalue weighted by Gasteiger charge is 2.21. The number of aliphatic hydroxyl groups is 1. The molecule has 1 aliphatic rings. The SMILES string of the molecule is CCOC(=O)C(O)c1ccc(N2CCOCC2)c(Cl)c1. The van der Waals surface area contributed by atoms with Crippen molar-refractivity contribution in [1.29, 1.82) is 0 Å². The van der Waals surface area contributed by atoms with Gasteiger partial charge in [-0.15, -0.1) is 0 Å². The van der Waals surface area contributed by atoms with E-state index >= 15 is 0 Å². The molecule has 0 radical (unpaired) electrons. The van der Waals surface area contributed by atoms with Gasteiger partial charge in [0, 0.05) is 13.1 Å². The highest BCUT2D eigenvalue weighted by Crippen LogP contribution is 2.30. The van der Waals surface area contributed by atoms with E-state index in [-0.39, 0.29) is 6.61 Å². The van der Waals surface area contributed by atoms with Gasteiger partial charge in [0.1, 0.15) is 0 Å². The normalized spacial score (nSPS) is 16.9. The molecule has 0 amide bonds. The zero-order chi connectivity index (χ0) is 14.5. The minimum Gasteiger partial charge on any atom is -0.464 e. The molecular formula is C14H18ClNO4. The summed E-state index contributed by atoms with van der Waals surface area (Å²) in [5, 5.41) is 10.4. The van der Waals surface area contributed by atoms with Crippen LogP contribution in [0.5, 0.6) is 0 Å². The predicted molar refractivity (Wildman–Crippen MR) is 76.1 cm³/mol. The molecular weight excluding hydrogens is 282 g/mol. The van der Waals surface area contributed by atoms with Crippen molar-refractivity contribution >= 4 is 23.3 Å². The summed E-state index contributed by atoms with van der Waals surface area (Å²) in [6.45, 7) is 4.82. The molecule has 5 nitrogen and oxygen atoms in total. The Balaban J connectivity index is 2.14. The third-order valence-corrected chi connectivity index (χ3v) is 3.45. The molecule has 1 atom stereocenters. The second kappa shape index (κ2) is 6.92. The lowest BCUT2D eigenvalue weighted by atomic mass is 10.1. The third-order valence-electron chi connectivity index (χ3n) is 3.15. The molecule has 1 aromatic rings. The molecule has 110 valence electrons. The number of nitrogens with zero attached hydrogens (tertiary/aromatic N) is 1. The summed E-state index contributed by atoms with van der Waals surface area (Å²) in [4.78, 5) is 13.6. The molecule has 1 aliphatic heterocycles. The lowest BCUT2D eigenvalue weighted by molar-refractivity contribution is -0.153. The highest BCUT2D eigenvalue weighted by atomic mass is 35.5. The molecule has 0 bridgehead atoms. The molecule has 0 saturated carbocycles. The van der Waals surface area contributed by atoms with Crippen LogP contribution in [-0.2, 0) is 14.3 Å². The number of carbonyl (C=O) groups excluding carboxylic acids is 1. The standard InChI is InChI=1S/C14H18ClNO4/c1-2-20-14(18)13(17)10-3-4-12(11(15)9-10)16-5-7-19-8-6-16/h3-4,9,13,17H,2,5-8H2,1H3. The van der Waals surface area contributed by atoms with Crippen LogP contribution < -0.4 is 4.90 Å². The number of carbonyl (C=O) groups is 1. The molecule has 1 fully saturated rings. The van der Waals surface area contributed by atoms with Gasteiger partial charge >= 0.3 is 5.97 Å². The van der Waals surface area contributed by atoms with Gasteiger partial charge in [0.25, 0.3) is 0 Å². The van der Waals surface area contributed by atoms with Gasteiger partial charge in [-0.05, 0) is 24.6 Å². The van der Waals surface area contributed by atoms with E-state index in [0.29, 0.717) is 23.8 Å². The number of anilines is 1. The summed E-state index contributed by atoms with van der Waals surface area (Å²) >= 11 is 6.24. The Morgan fingerprint density at radius 3 is 2.80 bits per heavy atom. The van der Waals surface area contributed by atoms with Crippen molar-refractivity contribution in [3.05, 3.63) is 28.8 Å². The van der Waals surface area contributed by atoms with Crippen molar-refractivity contribution < 1.29 is 19.4 Å². The zero-order valence-corrected chi connectivity index (χ0v) is 12.1. The number of benzene rings is 1. The van der Waals surface area contributed by atoms with Gasteiger partial charge in [-0.2, -0.15) is 0 Å². The second-order valence-electron chi connectivity index (χ2n) is 4.46. The minimum absolute atomic E-state index is 0.232. The van der Waals surface area contributed by atoms with Crippen molar-refractivity contribution in [2.45, 2.75) is 13.0 Å². The van der Waals surface area contributed by atoms with E-state index in [2.05, 4.69) is 4.90 Å². The summed E-state index contributed by atoms with van der Waals surface area (Å²) in [6, 6.07) is 5.11. The molecule has 0 aliphatic carbocycles. The van der Waals surface area contributed by atoms with Crippen molar-refractivity contribution in [2.75, 3.05) is 37.8 Å². The number of morpholine rings is 1. The monoisotopic (exact) mass is 299 g/mol. The molecule has 1 unspecified atom stereocenters. The maximum absolute atomic E-state index is 11.5. The van der Waals surface area contributed by atoms with E-state index < -0.39 is 12.1 Å². The van der Waals surface area contributed by atoms with Gasteiger partial charge in [-0.25, -0.2) is 4.79 Å². The van der Waals surface area contributed by atoms with Gasteiger partial charge in [-0.1, -0.05) is 17.7 Å². The molecule has 1 saturated heterocycles. The van der Waals surface area contributed by atoms with Crippen LogP contribution in [0, 0.1) is 0 Å². The van der Waals surface area contributed by atoms with Crippen molar-refractivity contribution in [2.24, 2.45) is 0 Å². The largest absolute Gasteiger partial charge is 0.464 e. The maximum Gasteiger partial charge on any atom is 0.339 e. The minimum atomic E-state index is -1.30. The van der Waals surface area contributed by atoms with Crippen molar-refractivity contribution in [3.63, 3.8) is 0 Å². The average Bonchev–Trinajstić information content (AvgIpc) is 2.47. The summed E-state index contributed by atoms with van der Waals surface area (Å²) in [6.07, 6.45) is -1.30. The molecule has 0 spiro atoms. The van der Waals surface area contributed by atoms with Crippen LogP contribution in [0.25, 0.3) is 0 Å². The van der Waals surface area contributed by atoms with Crippen LogP contribution in [0.3, 0.4) is 0 Å². The lowest BCUT2D eigenvalue weighted by Crippen LogP contribution is -2.36. The Kier molecular flexibility index (Phi) is 5.23. The lowest BCUT2D eigenvalue weighted by Gasteiger charge is -2.29. The summed E-state index contributed by atoms with van der Waals surface area (Å²) in [7, 11) is 0. The molecule has 6 heteroatoms. The fourth-order valence-electron chi connectivity index (χ4n) is 2.11. The maximum atomic E-state index is 11.5. The molecule has 20 heavy (non-hydrogen) atoms. The average molecular weight is 300 g/mol. The summed E-state index contributed by atoms with van der Waals surface area (Å²) < 4.78 is 10.1. The quantitative estimate of drug-likeness (QED) is 0.859. The predicted octanol–water partition coefficient (Wildman–Crippen LogP) is 1.77. The molecule has 0 aromatic heterocycles. The number of aliphatic hydroxyl groups excluding tert-OH is 1. The Morgan fingerprint density at radius 2 is 2.20 bits per heavy atom.